The lowest BCUT2D eigenvalue weighted by Gasteiger charge is -2.30. The zero-order valence-corrected chi connectivity index (χ0v) is 10.9. The van der Waals surface area contributed by atoms with Crippen molar-refractivity contribution in [2.75, 3.05) is 7.05 Å². The maximum atomic E-state index is 13.2. The Bertz CT molecular complexity index is 374. The first-order chi connectivity index (χ1) is 8.22. The molecule has 1 N–H and O–H groups in total. The first kappa shape index (κ1) is 12.8. The Morgan fingerprint density at radius 1 is 1.29 bits per heavy atom. The number of halogens is 2. The van der Waals surface area contributed by atoms with Crippen LogP contribution < -0.4 is 5.32 Å². The average Bonchev–Trinajstić information content (AvgIpc) is 2.36. The number of rotatable bonds is 3. The molecule has 1 aromatic carbocycles. The first-order valence-corrected chi connectivity index (χ1v) is 6.72. The van der Waals surface area contributed by atoms with E-state index < -0.39 is 0 Å². The maximum absolute atomic E-state index is 13.2. The molecule has 1 nitrogen and oxygen atoms in total. The molecule has 1 unspecified atom stereocenters. The summed E-state index contributed by atoms with van der Waals surface area (Å²) in [5.74, 6) is 0.309. The van der Waals surface area contributed by atoms with Crippen molar-refractivity contribution in [2.24, 2.45) is 5.92 Å². The molecule has 94 valence electrons. The third-order valence-electron chi connectivity index (χ3n) is 3.74. The van der Waals surface area contributed by atoms with Crippen LogP contribution in [0.15, 0.2) is 18.2 Å². The molecule has 0 bridgehead atoms. The van der Waals surface area contributed by atoms with E-state index in [0.717, 1.165) is 5.56 Å². The third-order valence-corrected chi connectivity index (χ3v) is 4.02. The number of hydrogen-bond donors (Lipinski definition) is 1. The van der Waals surface area contributed by atoms with Crippen molar-refractivity contribution in [1.29, 1.82) is 0 Å². The van der Waals surface area contributed by atoms with Crippen molar-refractivity contribution in [1.82, 2.24) is 5.32 Å². The van der Waals surface area contributed by atoms with E-state index in [-0.39, 0.29) is 10.8 Å². The average molecular weight is 256 g/mol. The van der Waals surface area contributed by atoms with Crippen molar-refractivity contribution >= 4 is 11.6 Å². The number of benzene rings is 1. The fraction of sp³-hybridized carbons (Fsp3) is 0.571. The molecule has 0 aliphatic heterocycles. The van der Waals surface area contributed by atoms with Crippen LogP contribution in [0.5, 0.6) is 0 Å². The summed E-state index contributed by atoms with van der Waals surface area (Å²) in [5.41, 5.74) is 1.10. The van der Waals surface area contributed by atoms with Gasteiger partial charge in [-0.3, -0.25) is 0 Å². The van der Waals surface area contributed by atoms with E-state index >= 15 is 0 Å². The van der Waals surface area contributed by atoms with Gasteiger partial charge in [-0.05, 0) is 43.5 Å². The van der Waals surface area contributed by atoms with E-state index in [1.807, 2.05) is 13.1 Å². The second kappa shape index (κ2) is 5.83. The lowest BCUT2D eigenvalue weighted by molar-refractivity contribution is 0.281. The highest BCUT2D eigenvalue weighted by atomic mass is 35.5. The van der Waals surface area contributed by atoms with Gasteiger partial charge < -0.3 is 5.32 Å². The van der Waals surface area contributed by atoms with Crippen molar-refractivity contribution in [2.45, 2.75) is 38.1 Å². The van der Waals surface area contributed by atoms with Crippen LogP contribution in [0.3, 0.4) is 0 Å². The highest BCUT2D eigenvalue weighted by molar-refractivity contribution is 6.30. The third kappa shape index (κ3) is 2.99. The summed E-state index contributed by atoms with van der Waals surface area (Å²) in [7, 11) is 1.97. The molecule has 17 heavy (non-hydrogen) atoms. The fourth-order valence-corrected chi connectivity index (χ4v) is 3.04. The molecule has 0 spiro atoms. The Kier molecular flexibility index (Phi) is 4.41. The predicted octanol–water partition coefficient (Wildman–Crippen LogP) is 4.32. The van der Waals surface area contributed by atoms with Crippen molar-refractivity contribution in [3.8, 4) is 0 Å². The van der Waals surface area contributed by atoms with Crippen LogP contribution >= 0.6 is 11.6 Å². The maximum Gasteiger partial charge on any atom is 0.141 e. The van der Waals surface area contributed by atoms with Gasteiger partial charge >= 0.3 is 0 Å². The van der Waals surface area contributed by atoms with E-state index in [4.69, 9.17) is 11.6 Å². The number of hydrogen-bond acceptors (Lipinski definition) is 1. The van der Waals surface area contributed by atoms with E-state index in [1.54, 1.807) is 6.07 Å². The number of nitrogens with one attached hydrogen (secondary N) is 1. The summed E-state index contributed by atoms with van der Waals surface area (Å²) in [6.07, 6.45) is 6.45. The van der Waals surface area contributed by atoms with Gasteiger partial charge in [0.2, 0.25) is 0 Å². The van der Waals surface area contributed by atoms with Gasteiger partial charge in [-0.2, -0.15) is 0 Å². The molecule has 1 saturated carbocycles. The Hall–Kier alpha value is -0.600. The molecule has 3 heteroatoms. The van der Waals surface area contributed by atoms with Crippen LogP contribution in [0, 0.1) is 11.7 Å². The zero-order chi connectivity index (χ0) is 12.3. The highest BCUT2D eigenvalue weighted by Crippen LogP contribution is 2.35. The van der Waals surface area contributed by atoms with Gasteiger partial charge in [0.15, 0.2) is 0 Å². The summed E-state index contributed by atoms with van der Waals surface area (Å²) in [6.45, 7) is 0. The second-order valence-electron chi connectivity index (χ2n) is 4.84. The summed E-state index contributed by atoms with van der Waals surface area (Å²) < 4.78 is 13.2. The molecule has 1 aromatic rings. The lowest BCUT2D eigenvalue weighted by atomic mass is 9.81. The van der Waals surface area contributed by atoms with Crippen LogP contribution in [0.25, 0.3) is 0 Å². The summed E-state index contributed by atoms with van der Waals surface area (Å²) >= 11 is 5.85. The minimum atomic E-state index is -0.339. The van der Waals surface area contributed by atoms with E-state index in [9.17, 15) is 4.39 Å². The van der Waals surface area contributed by atoms with Gasteiger partial charge in [0.1, 0.15) is 5.82 Å². The topological polar surface area (TPSA) is 12.0 Å². The van der Waals surface area contributed by atoms with Crippen LogP contribution in [0.2, 0.25) is 5.02 Å². The smallest absolute Gasteiger partial charge is 0.141 e. The summed E-state index contributed by atoms with van der Waals surface area (Å²) in [5, 5.41) is 3.57. The Balaban J connectivity index is 2.18. The first-order valence-electron chi connectivity index (χ1n) is 6.34. The van der Waals surface area contributed by atoms with Crippen LogP contribution in [0.4, 0.5) is 4.39 Å². The highest BCUT2D eigenvalue weighted by Gasteiger charge is 2.24. The molecule has 0 saturated heterocycles. The molecule has 0 radical (unpaired) electrons. The largest absolute Gasteiger partial charge is 0.313 e. The molecule has 1 aliphatic carbocycles. The standard InChI is InChI=1S/C14H19ClFN/c1-17-14(10-5-3-2-4-6-10)11-7-8-13(16)12(15)9-11/h7-10,14,17H,2-6H2,1H3. The second-order valence-corrected chi connectivity index (χ2v) is 5.25. The van der Waals surface area contributed by atoms with Gasteiger partial charge in [-0.1, -0.05) is 36.9 Å². The normalized spacial score (nSPS) is 19.2. The molecule has 0 amide bonds. The van der Waals surface area contributed by atoms with E-state index in [0.29, 0.717) is 12.0 Å². The Labute approximate surface area is 107 Å². The SMILES string of the molecule is CNC(c1ccc(F)c(Cl)c1)C1CCCCC1. The molecular weight excluding hydrogens is 237 g/mol. The summed E-state index contributed by atoms with van der Waals surface area (Å²) in [6, 6.07) is 5.36. The molecule has 0 aromatic heterocycles. The molecular formula is C14H19ClFN. The van der Waals surface area contributed by atoms with Gasteiger partial charge in [-0.25, -0.2) is 4.39 Å². The van der Waals surface area contributed by atoms with E-state index in [1.165, 1.54) is 38.2 Å². The minimum Gasteiger partial charge on any atom is -0.313 e. The van der Waals surface area contributed by atoms with Crippen molar-refractivity contribution in [3.05, 3.63) is 34.6 Å². The molecule has 1 aliphatic rings. The van der Waals surface area contributed by atoms with Crippen molar-refractivity contribution < 1.29 is 4.39 Å². The van der Waals surface area contributed by atoms with Gasteiger partial charge in [-0.15, -0.1) is 0 Å². The van der Waals surface area contributed by atoms with Gasteiger partial charge in [0.25, 0.3) is 0 Å². The lowest BCUT2D eigenvalue weighted by Crippen LogP contribution is -2.26. The van der Waals surface area contributed by atoms with Crippen LogP contribution in [0.1, 0.15) is 43.7 Å². The van der Waals surface area contributed by atoms with Crippen molar-refractivity contribution in [3.63, 3.8) is 0 Å². The quantitative estimate of drug-likeness (QED) is 0.848. The molecule has 1 atom stereocenters. The molecule has 2 rings (SSSR count). The van der Waals surface area contributed by atoms with Gasteiger partial charge in [0.05, 0.1) is 5.02 Å². The molecule has 0 heterocycles. The minimum absolute atomic E-state index is 0.221. The predicted molar refractivity (Wildman–Crippen MR) is 69.8 cm³/mol. The van der Waals surface area contributed by atoms with Crippen LogP contribution in [-0.2, 0) is 0 Å². The van der Waals surface area contributed by atoms with Crippen LogP contribution in [-0.4, -0.2) is 7.05 Å². The zero-order valence-electron chi connectivity index (χ0n) is 10.2. The van der Waals surface area contributed by atoms with Gasteiger partial charge in [0, 0.05) is 6.04 Å². The van der Waals surface area contributed by atoms with E-state index in [2.05, 4.69) is 5.32 Å². The Morgan fingerprint density at radius 2 is 2.00 bits per heavy atom. The summed E-state index contributed by atoms with van der Waals surface area (Å²) in [4.78, 5) is 0. The monoisotopic (exact) mass is 255 g/mol. The molecule has 1 fully saturated rings. The fourth-order valence-electron chi connectivity index (χ4n) is 2.85. The Morgan fingerprint density at radius 3 is 2.59 bits per heavy atom.